The Balaban J connectivity index is 1.49. The zero-order chi connectivity index (χ0) is 15.3. The number of piperidine rings is 1. The van der Waals surface area contributed by atoms with Crippen LogP contribution in [0.25, 0.3) is 11.0 Å². The Morgan fingerprint density at radius 2 is 2.18 bits per heavy atom. The molecule has 1 aliphatic heterocycles. The maximum atomic E-state index is 12.4. The van der Waals surface area contributed by atoms with Gasteiger partial charge in [-0.2, -0.15) is 0 Å². The summed E-state index contributed by atoms with van der Waals surface area (Å²) in [6.45, 7) is 1.48. The van der Waals surface area contributed by atoms with Crippen molar-refractivity contribution in [2.75, 3.05) is 19.6 Å². The number of fused-ring (bicyclic) bond motifs is 2. The van der Waals surface area contributed by atoms with Crippen molar-refractivity contribution < 1.29 is 19.1 Å². The summed E-state index contributed by atoms with van der Waals surface area (Å²) in [4.78, 5) is 25.8. The first-order valence-electron chi connectivity index (χ1n) is 7.56. The number of ketones is 1. The number of nitrogens with zero attached hydrogens (tertiary/aromatic N) is 1. The van der Waals surface area contributed by atoms with Crippen molar-refractivity contribution in [1.29, 1.82) is 0 Å². The van der Waals surface area contributed by atoms with Crippen LogP contribution in [0.5, 0.6) is 0 Å². The first kappa shape index (κ1) is 13.5. The van der Waals surface area contributed by atoms with Crippen molar-refractivity contribution in [3.05, 3.63) is 36.1 Å². The third-order valence-corrected chi connectivity index (χ3v) is 5.03. The Hall–Kier alpha value is -2.14. The molecule has 0 bridgehead atoms. The highest BCUT2D eigenvalue weighted by Gasteiger charge is 2.62. The van der Waals surface area contributed by atoms with E-state index in [1.54, 1.807) is 6.07 Å². The lowest BCUT2D eigenvalue weighted by Gasteiger charge is -2.29. The third kappa shape index (κ3) is 2.04. The molecule has 2 aliphatic rings. The number of rotatable bonds is 4. The van der Waals surface area contributed by atoms with E-state index in [0.29, 0.717) is 23.8 Å². The standard InChI is InChI=1S/C17H17NO4/c19-13(15-7-11-3-1-2-4-14(11)22-15)9-18-6-5-12-8-17(12,10-18)16(20)21/h1-4,7,12H,5-6,8-10H2,(H,20,21). The number of benzene rings is 1. The summed E-state index contributed by atoms with van der Waals surface area (Å²) >= 11 is 0. The molecule has 0 amide bonds. The van der Waals surface area contributed by atoms with Crippen LogP contribution >= 0.6 is 0 Å². The first-order valence-corrected chi connectivity index (χ1v) is 7.56. The van der Waals surface area contributed by atoms with Gasteiger partial charge in [0.2, 0.25) is 5.78 Å². The Morgan fingerprint density at radius 3 is 2.95 bits per heavy atom. The second-order valence-electron chi connectivity index (χ2n) is 6.43. The molecule has 2 aromatic rings. The molecule has 2 atom stereocenters. The van der Waals surface area contributed by atoms with Crippen LogP contribution in [-0.2, 0) is 4.79 Å². The van der Waals surface area contributed by atoms with Crippen LogP contribution in [-0.4, -0.2) is 41.4 Å². The number of carboxylic acids is 1. The minimum atomic E-state index is -0.724. The molecule has 0 spiro atoms. The lowest BCUT2D eigenvalue weighted by Crippen LogP contribution is -2.42. The Bertz CT molecular complexity index is 732. The smallest absolute Gasteiger partial charge is 0.311 e. The van der Waals surface area contributed by atoms with E-state index in [0.717, 1.165) is 24.8 Å². The van der Waals surface area contributed by atoms with Gasteiger partial charge < -0.3 is 9.52 Å². The van der Waals surface area contributed by atoms with E-state index < -0.39 is 11.4 Å². The number of likely N-dealkylation sites (tertiary alicyclic amines) is 1. The number of hydrogen-bond acceptors (Lipinski definition) is 4. The Kier molecular flexibility index (Phi) is 2.87. The summed E-state index contributed by atoms with van der Waals surface area (Å²) in [7, 11) is 0. The number of para-hydroxylation sites is 1. The molecule has 1 aliphatic carbocycles. The number of carbonyl (C=O) groups is 2. The molecule has 2 fully saturated rings. The largest absolute Gasteiger partial charge is 0.481 e. The van der Waals surface area contributed by atoms with Gasteiger partial charge in [-0.3, -0.25) is 14.5 Å². The second-order valence-corrected chi connectivity index (χ2v) is 6.43. The van der Waals surface area contributed by atoms with Crippen molar-refractivity contribution >= 4 is 22.7 Å². The van der Waals surface area contributed by atoms with Gasteiger partial charge in [-0.1, -0.05) is 18.2 Å². The average molecular weight is 299 g/mol. The molecular weight excluding hydrogens is 282 g/mol. The van der Waals surface area contributed by atoms with Crippen molar-refractivity contribution in [2.45, 2.75) is 12.8 Å². The minimum Gasteiger partial charge on any atom is -0.481 e. The number of hydrogen-bond donors (Lipinski definition) is 1. The topological polar surface area (TPSA) is 70.8 Å². The van der Waals surface area contributed by atoms with Gasteiger partial charge >= 0.3 is 5.97 Å². The summed E-state index contributed by atoms with van der Waals surface area (Å²) < 4.78 is 5.59. The van der Waals surface area contributed by atoms with E-state index in [1.165, 1.54) is 0 Å². The normalized spacial score (nSPS) is 27.5. The van der Waals surface area contributed by atoms with Crippen LogP contribution in [0.2, 0.25) is 0 Å². The van der Waals surface area contributed by atoms with Crippen molar-refractivity contribution in [2.24, 2.45) is 11.3 Å². The third-order valence-electron chi connectivity index (χ3n) is 5.03. The molecule has 1 N–H and O–H groups in total. The maximum Gasteiger partial charge on any atom is 0.311 e. The Morgan fingerprint density at radius 1 is 1.36 bits per heavy atom. The van der Waals surface area contributed by atoms with Crippen LogP contribution in [0.4, 0.5) is 0 Å². The minimum absolute atomic E-state index is 0.0872. The quantitative estimate of drug-likeness (QED) is 0.878. The molecule has 5 nitrogen and oxygen atoms in total. The van der Waals surface area contributed by atoms with Crippen molar-refractivity contribution in [3.8, 4) is 0 Å². The van der Waals surface area contributed by atoms with Crippen LogP contribution in [0.15, 0.2) is 34.7 Å². The number of carbonyl (C=O) groups excluding carboxylic acids is 1. The van der Waals surface area contributed by atoms with Gasteiger partial charge in [0.15, 0.2) is 5.76 Å². The lowest BCUT2D eigenvalue weighted by molar-refractivity contribution is -0.145. The first-order chi connectivity index (χ1) is 10.6. The summed E-state index contributed by atoms with van der Waals surface area (Å²) in [5.41, 5.74) is 0.0978. The molecule has 1 aromatic carbocycles. The predicted molar refractivity (Wildman–Crippen MR) is 79.8 cm³/mol. The van der Waals surface area contributed by atoms with E-state index in [9.17, 15) is 14.7 Å². The van der Waals surface area contributed by atoms with Gasteiger partial charge in [0.25, 0.3) is 0 Å². The van der Waals surface area contributed by atoms with Gasteiger partial charge in [0.1, 0.15) is 5.58 Å². The summed E-state index contributed by atoms with van der Waals surface area (Å²) in [6, 6.07) is 9.27. The molecule has 1 saturated carbocycles. The van der Waals surface area contributed by atoms with Gasteiger partial charge in [-0.15, -0.1) is 0 Å². The van der Waals surface area contributed by atoms with Crippen LogP contribution in [0.1, 0.15) is 23.4 Å². The molecule has 1 aromatic heterocycles. The van der Waals surface area contributed by atoms with E-state index in [4.69, 9.17) is 4.42 Å². The van der Waals surface area contributed by atoms with E-state index in [-0.39, 0.29) is 12.3 Å². The van der Waals surface area contributed by atoms with E-state index >= 15 is 0 Å². The maximum absolute atomic E-state index is 12.4. The predicted octanol–water partition coefficient (Wildman–Crippen LogP) is 2.41. The molecule has 5 heteroatoms. The molecule has 4 rings (SSSR count). The highest BCUT2D eigenvalue weighted by atomic mass is 16.4. The van der Waals surface area contributed by atoms with Gasteiger partial charge in [0.05, 0.1) is 12.0 Å². The zero-order valence-corrected chi connectivity index (χ0v) is 12.1. The average Bonchev–Trinajstić information content (AvgIpc) is 3.08. The van der Waals surface area contributed by atoms with Gasteiger partial charge in [0, 0.05) is 11.9 Å². The number of carboxylic acid groups (broad SMARTS) is 1. The molecule has 114 valence electrons. The van der Waals surface area contributed by atoms with Crippen LogP contribution in [0, 0.1) is 11.3 Å². The summed E-state index contributed by atoms with van der Waals surface area (Å²) in [5, 5.41) is 10.3. The van der Waals surface area contributed by atoms with Crippen LogP contribution in [0.3, 0.4) is 0 Å². The lowest BCUT2D eigenvalue weighted by atomic mass is 9.97. The van der Waals surface area contributed by atoms with Gasteiger partial charge in [-0.25, -0.2) is 0 Å². The molecule has 0 radical (unpaired) electrons. The van der Waals surface area contributed by atoms with E-state index in [1.807, 2.05) is 29.2 Å². The number of Topliss-reactive ketones (excluding diaryl/α,β-unsaturated/α-hetero) is 1. The summed E-state index contributed by atoms with van der Waals surface area (Å²) in [6.07, 6.45) is 1.61. The van der Waals surface area contributed by atoms with Crippen molar-refractivity contribution in [3.63, 3.8) is 0 Å². The highest BCUT2D eigenvalue weighted by molar-refractivity contribution is 5.98. The summed E-state index contributed by atoms with van der Waals surface area (Å²) in [5.74, 6) is -0.166. The fourth-order valence-electron chi connectivity index (χ4n) is 3.63. The Labute approximate surface area is 127 Å². The second kappa shape index (κ2) is 4.68. The molecule has 22 heavy (non-hydrogen) atoms. The van der Waals surface area contributed by atoms with Gasteiger partial charge in [-0.05, 0) is 37.4 Å². The monoisotopic (exact) mass is 299 g/mol. The SMILES string of the molecule is O=C(CN1CCC2CC2(C(=O)O)C1)c1cc2ccccc2o1. The molecule has 2 unspecified atom stereocenters. The molecular formula is C17H17NO4. The fraction of sp³-hybridized carbons (Fsp3) is 0.412. The molecule has 1 saturated heterocycles. The number of furan rings is 1. The highest BCUT2D eigenvalue weighted by Crippen LogP contribution is 2.57. The number of aliphatic carboxylic acids is 1. The fourth-order valence-corrected chi connectivity index (χ4v) is 3.63. The molecule has 2 heterocycles. The van der Waals surface area contributed by atoms with E-state index in [2.05, 4.69) is 0 Å². The van der Waals surface area contributed by atoms with Crippen molar-refractivity contribution in [1.82, 2.24) is 4.90 Å². The zero-order valence-electron chi connectivity index (χ0n) is 12.1. The van der Waals surface area contributed by atoms with Crippen LogP contribution < -0.4 is 0 Å².